The van der Waals surface area contributed by atoms with E-state index >= 15 is 0 Å². The van der Waals surface area contributed by atoms with Gasteiger partial charge in [-0.25, -0.2) is 9.59 Å². The molecule has 0 bridgehead atoms. The molecule has 0 aliphatic heterocycles. The van der Waals surface area contributed by atoms with Crippen molar-refractivity contribution >= 4 is 17.7 Å². The number of hydrogen-bond acceptors (Lipinski definition) is 3. The maximum atomic E-state index is 13.0. The van der Waals surface area contributed by atoms with Gasteiger partial charge >= 0.3 is 12.1 Å². The van der Waals surface area contributed by atoms with Gasteiger partial charge in [-0.2, -0.15) is 0 Å². The summed E-state index contributed by atoms with van der Waals surface area (Å²) in [6.07, 6.45) is -0.491. The minimum atomic E-state index is -1.03. The van der Waals surface area contributed by atoms with Crippen molar-refractivity contribution in [2.24, 2.45) is 0 Å². The van der Waals surface area contributed by atoms with Crippen LogP contribution in [0.2, 0.25) is 0 Å². The maximum Gasteiger partial charge on any atom is 0.414 e. The van der Waals surface area contributed by atoms with Crippen LogP contribution in [0.15, 0.2) is 72.8 Å². The summed E-state index contributed by atoms with van der Waals surface area (Å²) in [5, 5.41) is 9.27. The molecule has 0 atom stereocenters. The number of benzene rings is 3. The van der Waals surface area contributed by atoms with Gasteiger partial charge in [0.1, 0.15) is 6.61 Å². The predicted molar refractivity (Wildman–Crippen MR) is 116 cm³/mol. The third-order valence-electron chi connectivity index (χ3n) is 5.42. The van der Waals surface area contributed by atoms with Crippen LogP contribution in [-0.2, 0) is 4.74 Å². The van der Waals surface area contributed by atoms with E-state index in [1.54, 1.807) is 12.1 Å². The fraction of sp³-hybridized carbons (Fsp3) is 0.200. The summed E-state index contributed by atoms with van der Waals surface area (Å²) >= 11 is 0. The van der Waals surface area contributed by atoms with Crippen molar-refractivity contribution in [3.05, 3.63) is 89.5 Å². The van der Waals surface area contributed by atoms with Gasteiger partial charge in [0.25, 0.3) is 0 Å². The SMILES string of the molecule is CC(C)N(C(=O)OCC1c2ccccc2-c2ccccc21)c1cccc(C(=O)O)c1. The van der Waals surface area contributed by atoms with E-state index < -0.39 is 12.1 Å². The van der Waals surface area contributed by atoms with Crippen molar-refractivity contribution in [1.82, 2.24) is 0 Å². The molecule has 4 rings (SSSR count). The maximum absolute atomic E-state index is 13.0. The van der Waals surface area contributed by atoms with Gasteiger partial charge in [-0.1, -0.05) is 54.6 Å². The minimum absolute atomic E-state index is 0.0271. The minimum Gasteiger partial charge on any atom is -0.478 e. The molecule has 0 saturated carbocycles. The van der Waals surface area contributed by atoms with E-state index in [4.69, 9.17) is 4.74 Å². The molecule has 0 radical (unpaired) electrons. The number of carbonyl (C=O) groups is 2. The second-order valence-electron chi connectivity index (χ2n) is 7.62. The molecule has 3 aromatic carbocycles. The number of carbonyl (C=O) groups excluding carboxylic acids is 1. The van der Waals surface area contributed by atoms with E-state index in [-0.39, 0.29) is 24.1 Å². The van der Waals surface area contributed by atoms with Crippen LogP contribution in [0.5, 0.6) is 0 Å². The van der Waals surface area contributed by atoms with Gasteiger partial charge < -0.3 is 9.84 Å². The summed E-state index contributed by atoms with van der Waals surface area (Å²) in [4.78, 5) is 25.8. The van der Waals surface area contributed by atoms with Crippen molar-refractivity contribution in [2.45, 2.75) is 25.8 Å². The van der Waals surface area contributed by atoms with Gasteiger partial charge in [0.05, 0.1) is 5.56 Å². The smallest absolute Gasteiger partial charge is 0.414 e. The lowest BCUT2D eigenvalue weighted by Gasteiger charge is -2.27. The first kappa shape index (κ1) is 19.7. The number of carboxylic acids is 1. The zero-order chi connectivity index (χ0) is 21.3. The first-order valence-corrected chi connectivity index (χ1v) is 9.95. The fourth-order valence-electron chi connectivity index (χ4n) is 4.07. The van der Waals surface area contributed by atoms with E-state index in [1.165, 1.54) is 28.2 Å². The summed E-state index contributed by atoms with van der Waals surface area (Å²) in [7, 11) is 0. The van der Waals surface area contributed by atoms with Crippen LogP contribution in [0.25, 0.3) is 11.1 Å². The molecule has 0 spiro atoms. The lowest BCUT2D eigenvalue weighted by Crippen LogP contribution is -2.38. The third-order valence-corrected chi connectivity index (χ3v) is 5.42. The van der Waals surface area contributed by atoms with Gasteiger partial charge in [0, 0.05) is 17.6 Å². The average Bonchev–Trinajstić information content (AvgIpc) is 3.06. The number of ether oxygens (including phenoxy) is 1. The van der Waals surface area contributed by atoms with E-state index in [1.807, 2.05) is 38.1 Å². The van der Waals surface area contributed by atoms with E-state index in [2.05, 4.69) is 24.3 Å². The summed E-state index contributed by atoms with van der Waals surface area (Å²) in [5.41, 5.74) is 5.27. The first-order chi connectivity index (χ1) is 14.5. The van der Waals surface area contributed by atoms with Crippen LogP contribution in [0, 0.1) is 0 Å². The first-order valence-electron chi connectivity index (χ1n) is 9.95. The molecule has 1 N–H and O–H groups in total. The molecule has 3 aromatic rings. The molecule has 0 fully saturated rings. The molecule has 30 heavy (non-hydrogen) atoms. The summed E-state index contributed by atoms with van der Waals surface area (Å²) in [5.74, 6) is -1.06. The molecule has 1 aliphatic rings. The zero-order valence-corrected chi connectivity index (χ0v) is 16.9. The Morgan fingerprint density at radius 2 is 1.53 bits per heavy atom. The van der Waals surface area contributed by atoms with Crippen molar-refractivity contribution in [2.75, 3.05) is 11.5 Å². The molecule has 5 heteroatoms. The third kappa shape index (κ3) is 3.54. The molecular formula is C25H23NO4. The van der Waals surface area contributed by atoms with Gasteiger partial charge in [-0.3, -0.25) is 4.90 Å². The lowest BCUT2D eigenvalue weighted by atomic mass is 9.98. The van der Waals surface area contributed by atoms with E-state index in [9.17, 15) is 14.7 Å². The quantitative estimate of drug-likeness (QED) is 0.609. The Balaban J connectivity index is 1.58. The molecule has 0 saturated heterocycles. The highest BCUT2D eigenvalue weighted by Crippen LogP contribution is 2.44. The number of amides is 1. The fourth-order valence-corrected chi connectivity index (χ4v) is 4.07. The van der Waals surface area contributed by atoms with Gasteiger partial charge in [-0.05, 0) is 54.3 Å². The molecule has 5 nitrogen and oxygen atoms in total. The Kier molecular flexibility index (Phi) is 5.27. The molecule has 0 aromatic heterocycles. The Hall–Kier alpha value is -3.60. The van der Waals surface area contributed by atoms with Gasteiger partial charge in [-0.15, -0.1) is 0 Å². The number of fused-ring (bicyclic) bond motifs is 3. The Bertz CT molecular complexity index is 1060. The average molecular weight is 401 g/mol. The monoisotopic (exact) mass is 401 g/mol. The Morgan fingerprint density at radius 3 is 2.10 bits per heavy atom. The molecule has 152 valence electrons. The number of anilines is 1. The van der Waals surface area contributed by atoms with Gasteiger partial charge in [0.2, 0.25) is 0 Å². The number of hydrogen-bond donors (Lipinski definition) is 1. The van der Waals surface area contributed by atoms with Crippen LogP contribution in [0.1, 0.15) is 41.3 Å². The van der Waals surface area contributed by atoms with Crippen molar-refractivity contribution in [3.63, 3.8) is 0 Å². The van der Waals surface area contributed by atoms with E-state index in [0.717, 1.165) is 11.1 Å². The van der Waals surface area contributed by atoms with Crippen molar-refractivity contribution in [3.8, 4) is 11.1 Å². The Labute approximate surface area is 175 Å². The van der Waals surface area contributed by atoms with Crippen molar-refractivity contribution in [1.29, 1.82) is 0 Å². The van der Waals surface area contributed by atoms with Crippen LogP contribution in [-0.4, -0.2) is 29.8 Å². The number of rotatable bonds is 5. The number of nitrogens with zero attached hydrogens (tertiary/aromatic N) is 1. The van der Waals surface area contributed by atoms with Crippen LogP contribution >= 0.6 is 0 Å². The number of aromatic carboxylic acids is 1. The Morgan fingerprint density at radius 1 is 0.933 bits per heavy atom. The molecule has 0 unspecified atom stereocenters. The largest absolute Gasteiger partial charge is 0.478 e. The topological polar surface area (TPSA) is 66.8 Å². The zero-order valence-electron chi connectivity index (χ0n) is 16.9. The second-order valence-corrected chi connectivity index (χ2v) is 7.62. The highest BCUT2D eigenvalue weighted by molar-refractivity contribution is 5.93. The molecule has 0 heterocycles. The van der Waals surface area contributed by atoms with Gasteiger partial charge in [0.15, 0.2) is 0 Å². The van der Waals surface area contributed by atoms with E-state index in [0.29, 0.717) is 5.69 Å². The molecular weight excluding hydrogens is 378 g/mol. The standard InChI is InChI=1S/C25H23NO4/c1-16(2)26(18-9-7-8-17(14-18)24(27)28)25(29)30-15-23-21-12-5-3-10-19(21)20-11-4-6-13-22(20)23/h3-14,16,23H,15H2,1-2H3,(H,27,28). The molecule has 1 aliphatic carbocycles. The summed E-state index contributed by atoms with van der Waals surface area (Å²) < 4.78 is 5.76. The highest BCUT2D eigenvalue weighted by atomic mass is 16.6. The van der Waals surface area contributed by atoms with Crippen molar-refractivity contribution < 1.29 is 19.4 Å². The highest BCUT2D eigenvalue weighted by Gasteiger charge is 2.30. The number of carboxylic acid groups (broad SMARTS) is 1. The van der Waals surface area contributed by atoms with Crippen LogP contribution in [0.4, 0.5) is 10.5 Å². The lowest BCUT2D eigenvalue weighted by molar-refractivity contribution is 0.0696. The molecule has 1 amide bonds. The van der Waals surface area contributed by atoms with Crippen LogP contribution < -0.4 is 4.90 Å². The summed E-state index contributed by atoms with van der Waals surface area (Å²) in [6.45, 7) is 3.96. The summed E-state index contributed by atoms with van der Waals surface area (Å²) in [6, 6.07) is 22.5. The second kappa shape index (κ2) is 8.03. The predicted octanol–water partition coefficient (Wildman–Crippen LogP) is 5.55. The normalized spacial score (nSPS) is 12.4. The van der Waals surface area contributed by atoms with Crippen LogP contribution in [0.3, 0.4) is 0 Å².